The first-order chi connectivity index (χ1) is 9.45. The van der Waals surface area contributed by atoms with Gasteiger partial charge in [0.1, 0.15) is 12.2 Å². The number of hydrogen-bond donors (Lipinski definition) is 3. The molecule has 0 unspecified atom stereocenters. The molecule has 0 spiro atoms. The maximum atomic E-state index is 13.8. The van der Waals surface area contributed by atoms with Gasteiger partial charge in [-0.2, -0.15) is 4.98 Å². The topological polar surface area (TPSA) is 96.6 Å². The van der Waals surface area contributed by atoms with Gasteiger partial charge < -0.3 is 20.3 Å². The van der Waals surface area contributed by atoms with E-state index in [0.29, 0.717) is 6.54 Å². The van der Waals surface area contributed by atoms with Crippen molar-refractivity contribution in [1.29, 1.82) is 0 Å². The van der Waals surface area contributed by atoms with Crippen LogP contribution in [0.3, 0.4) is 0 Å². The molecule has 7 nitrogen and oxygen atoms in total. The minimum atomic E-state index is -1.31. The third kappa shape index (κ3) is 2.67. The van der Waals surface area contributed by atoms with Gasteiger partial charge in [-0.25, -0.2) is 9.18 Å². The maximum Gasteiger partial charge on any atom is 0.351 e. The first-order valence-electron chi connectivity index (χ1n) is 6.49. The van der Waals surface area contributed by atoms with E-state index in [1.807, 2.05) is 6.92 Å². The summed E-state index contributed by atoms with van der Waals surface area (Å²) in [7, 11) is 0. The number of nitrogens with one attached hydrogen (secondary N) is 1. The summed E-state index contributed by atoms with van der Waals surface area (Å²) in [6.45, 7) is 3.95. The Labute approximate surface area is 115 Å². The molecular weight excluding hydrogens is 269 g/mol. The van der Waals surface area contributed by atoms with E-state index in [4.69, 9.17) is 4.74 Å². The molecule has 0 saturated carbocycles. The van der Waals surface area contributed by atoms with Gasteiger partial charge in [0.2, 0.25) is 0 Å². The molecule has 8 heteroatoms. The van der Waals surface area contributed by atoms with E-state index in [1.54, 1.807) is 6.92 Å². The van der Waals surface area contributed by atoms with Gasteiger partial charge in [-0.1, -0.05) is 6.92 Å². The van der Waals surface area contributed by atoms with Crippen molar-refractivity contribution in [2.24, 2.45) is 0 Å². The largest absolute Gasteiger partial charge is 0.388 e. The molecule has 1 aliphatic heterocycles. The molecule has 1 aromatic rings. The van der Waals surface area contributed by atoms with Crippen LogP contribution in [-0.4, -0.2) is 44.6 Å². The van der Waals surface area contributed by atoms with Gasteiger partial charge in [-0.15, -0.1) is 0 Å². The molecule has 4 atom stereocenters. The van der Waals surface area contributed by atoms with Crippen molar-refractivity contribution < 1.29 is 19.3 Å². The Hall–Kier alpha value is -1.51. The number of ether oxygens (including phenoxy) is 1. The molecule has 1 fully saturated rings. The SMILES string of the molecule is CCCNc1nc(=O)n([C@@H]2O[C@H](C)[C@@H](O)[C@H]2O)cc1F. The Morgan fingerprint density at radius 2 is 2.20 bits per heavy atom. The van der Waals surface area contributed by atoms with Gasteiger partial charge in [0.05, 0.1) is 12.3 Å². The summed E-state index contributed by atoms with van der Waals surface area (Å²) in [4.78, 5) is 15.5. The van der Waals surface area contributed by atoms with Crippen LogP contribution < -0.4 is 11.0 Å². The van der Waals surface area contributed by atoms with Gasteiger partial charge in [0, 0.05) is 6.54 Å². The Balaban J connectivity index is 2.30. The molecular formula is C12H18FN3O4. The zero-order chi connectivity index (χ0) is 14.9. The van der Waals surface area contributed by atoms with E-state index in [1.165, 1.54) is 0 Å². The predicted octanol–water partition coefficient (Wildman–Crippen LogP) is -0.157. The number of halogens is 1. The highest BCUT2D eigenvalue weighted by Gasteiger charge is 2.42. The lowest BCUT2D eigenvalue weighted by Gasteiger charge is -2.17. The summed E-state index contributed by atoms with van der Waals surface area (Å²) in [5.74, 6) is -0.850. The molecule has 2 rings (SSSR count). The molecule has 0 radical (unpaired) electrons. The highest BCUT2D eigenvalue weighted by molar-refractivity contribution is 5.33. The van der Waals surface area contributed by atoms with Crippen LogP contribution >= 0.6 is 0 Å². The normalized spacial score (nSPS) is 29.6. The smallest absolute Gasteiger partial charge is 0.351 e. The minimum Gasteiger partial charge on any atom is -0.388 e. The van der Waals surface area contributed by atoms with Gasteiger partial charge in [-0.3, -0.25) is 4.57 Å². The molecule has 3 N–H and O–H groups in total. The lowest BCUT2D eigenvalue weighted by atomic mass is 10.1. The highest BCUT2D eigenvalue weighted by Crippen LogP contribution is 2.28. The third-order valence-electron chi connectivity index (χ3n) is 3.20. The summed E-state index contributed by atoms with van der Waals surface area (Å²) in [6, 6.07) is 0. The standard InChI is InChI=1S/C12H18FN3O4/c1-3-4-14-10-7(13)5-16(12(19)15-10)11-9(18)8(17)6(2)20-11/h5-6,8-9,11,17-18H,3-4H2,1-2H3,(H,14,15,19)/t6-,8-,9-,11-/m1/s1. The third-order valence-corrected chi connectivity index (χ3v) is 3.20. The number of aliphatic hydroxyl groups is 2. The fourth-order valence-electron chi connectivity index (χ4n) is 2.05. The average Bonchev–Trinajstić information content (AvgIpc) is 2.67. The minimum absolute atomic E-state index is 0.130. The van der Waals surface area contributed by atoms with Crippen molar-refractivity contribution in [2.75, 3.05) is 11.9 Å². The number of aliphatic hydroxyl groups excluding tert-OH is 2. The van der Waals surface area contributed by atoms with Crippen molar-refractivity contribution in [3.05, 3.63) is 22.5 Å². The first kappa shape index (κ1) is 14.9. The molecule has 2 heterocycles. The molecule has 1 aromatic heterocycles. The second-order valence-corrected chi connectivity index (χ2v) is 4.77. The van der Waals surface area contributed by atoms with Crippen LogP contribution in [0, 0.1) is 5.82 Å². The van der Waals surface area contributed by atoms with E-state index in [9.17, 15) is 19.4 Å². The van der Waals surface area contributed by atoms with E-state index in [2.05, 4.69) is 10.3 Å². The molecule has 0 bridgehead atoms. The van der Waals surface area contributed by atoms with Gasteiger partial charge in [-0.05, 0) is 13.3 Å². The quantitative estimate of drug-likeness (QED) is 0.712. The second kappa shape index (κ2) is 5.86. The fraction of sp³-hybridized carbons (Fsp3) is 0.667. The number of hydrogen-bond acceptors (Lipinski definition) is 6. The van der Waals surface area contributed by atoms with Crippen LogP contribution in [-0.2, 0) is 4.74 Å². The number of rotatable bonds is 4. The van der Waals surface area contributed by atoms with Crippen molar-refractivity contribution in [3.63, 3.8) is 0 Å². The molecule has 1 saturated heterocycles. The Bertz CT molecular complexity index is 536. The van der Waals surface area contributed by atoms with Gasteiger partial charge in [0.15, 0.2) is 17.9 Å². The Morgan fingerprint density at radius 3 is 2.75 bits per heavy atom. The summed E-state index contributed by atoms with van der Waals surface area (Å²) in [5, 5.41) is 22.1. The Morgan fingerprint density at radius 1 is 1.50 bits per heavy atom. The van der Waals surface area contributed by atoms with Crippen molar-refractivity contribution >= 4 is 5.82 Å². The van der Waals surface area contributed by atoms with Crippen LogP contribution in [0.4, 0.5) is 10.2 Å². The number of aromatic nitrogens is 2. The van der Waals surface area contributed by atoms with Crippen LogP contribution in [0.25, 0.3) is 0 Å². The van der Waals surface area contributed by atoms with Crippen LogP contribution in [0.1, 0.15) is 26.5 Å². The van der Waals surface area contributed by atoms with E-state index in [0.717, 1.165) is 17.2 Å². The molecule has 0 aromatic carbocycles. The molecule has 0 aliphatic carbocycles. The monoisotopic (exact) mass is 287 g/mol. The Kier molecular flexibility index (Phi) is 4.36. The van der Waals surface area contributed by atoms with Crippen molar-refractivity contribution in [2.45, 2.75) is 44.8 Å². The van der Waals surface area contributed by atoms with Crippen molar-refractivity contribution in [3.8, 4) is 0 Å². The van der Waals surface area contributed by atoms with Gasteiger partial charge >= 0.3 is 5.69 Å². The number of anilines is 1. The predicted molar refractivity (Wildman–Crippen MR) is 68.8 cm³/mol. The second-order valence-electron chi connectivity index (χ2n) is 4.77. The zero-order valence-electron chi connectivity index (χ0n) is 11.3. The average molecular weight is 287 g/mol. The molecule has 112 valence electrons. The highest BCUT2D eigenvalue weighted by atomic mass is 19.1. The summed E-state index contributed by atoms with van der Waals surface area (Å²) in [6.07, 6.45) is -2.55. The molecule has 0 amide bonds. The van der Waals surface area contributed by atoms with Gasteiger partial charge in [0.25, 0.3) is 0 Å². The van der Waals surface area contributed by atoms with E-state index in [-0.39, 0.29) is 5.82 Å². The van der Waals surface area contributed by atoms with E-state index < -0.39 is 36.0 Å². The first-order valence-corrected chi connectivity index (χ1v) is 6.49. The summed E-state index contributed by atoms with van der Waals surface area (Å²) < 4.78 is 20.0. The molecule has 1 aliphatic rings. The molecule has 20 heavy (non-hydrogen) atoms. The number of nitrogens with zero attached hydrogens (tertiary/aromatic N) is 2. The van der Waals surface area contributed by atoms with Crippen molar-refractivity contribution in [1.82, 2.24) is 9.55 Å². The zero-order valence-corrected chi connectivity index (χ0v) is 11.3. The van der Waals surface area contributed by atoms with Crippen LogP contribution in [0.15, 0.2) is 11.0 Å². The lowest BCUT2D eigenvalue weighted by molar-refractivity contribution is -0.0355. The summed E-state index contributed by atoms with van der Waals surface area (Å²) >= 11 is 0. The van der Waals surface area contributed by atoms with Crippen LogP contribution in [0.2, 0.25) is 0 Å². The fourth-order valence-corrected chi connectivity index (χ4v) is 2.05. The maximum absolute atomic E-state index is 13.8. The lowest BCUT2D eigenvalue weighted by Crippen LogP contribution is -2.36. The summed E-state index contributed by atoms with van der Waals surface area (Å²) in [5.41, 5.74) is -0.754. The van der Waals surface area contributed by atoms with Crippen LogP contribution in [0.5, 0.6) is 0 Å². The van der Waals surface area contributed by atoms with E-state index >= 15 is 0 Å².